The number of hydrogen-bond acceptors (Lipinski definition) is 4. The molecule has 0 saturated heterocycles. The van der Waals surface area contributed by atoms with Gasteiger partial charge in [0.1, 0.15) is 11.9 Å². The van der Waals surface area contributed by atoms with Crippen LogP contribution in [0.3, 0.4) is 0 Å². The number of aliphatic hydroxyl groups is 1. The average Bonchev–Trinajstić information content (AvgIpc) is 2.88. The summed E-state index contributed by atoms with van der Waals surface area (Å²) in [5, 5.41) is 14.1. The molecule has 3 aromatic carbocycles. The van der Waals surface area contributed by atoms with E-state index in [1.807, 2.05) is 84.9 Å². The number of amides is 1. The Hall–Kier alpha value is -3.96. The molecule has 0 spiro atoms. The average molecular weight is 425 g/mol. The third kappa shape index (κ3) is 4.68. The van der Waals surface area contributed by atoms with E-state index >= 15 is 0 Å². The topological polar surface area (TPSA) is 71.5 Å². The zero-order valence-electron chi connectivity index (χ0n) is 17.7. The van der Waals surface area contributed by atoms with Gasteiger partial charge in [-0.25, -0.2) is 0 Å². The molecule has 1 heterocycles. The maximum atomic E-state index is 13.3. The van der Waals surface area contributed by atoms with Gasteiger partial charge in [0.2, 0.25) is 0 Å². The van der Waals surface area contributed by atoms with Gasteiger partial charge in [0.15, 0.2) is 0 Å². The van der Waals surface area contributed by atoms with Crippen molar-refractivity contribution in [2.24, 2.45) is 0 Å². The molecule has 0 aliphatic rings. The van der Waals surface area contributed by atoms with Gasteiger partial charge in [0, 0.05) is 12.4 Å². The molecule has 5 heteroatoms. The predicted molar refractivity (Wildman–Crippen MR) is 124 cm³/mol. The fraction of sp³-hybridized carbons (Fsp3) is 0.111. The molecule has 1 amide bonds. The van der Waals surface area contributed by atoms with Crippen LogP contribution in [0.15, 0.2) is 103 Å². The van der Waals surface area contributed by atoms with E-state index in [1.165, 1.54) is 7.11 Å². The lowest BCUT2D eigenvalue weighted by Gasteiger charge is -2.25. The summed E-state index contributed by atoms with van der Waals surface area (Å²) in [6.07, 6.45) is 2.53. The molecule has 1 aromatic heterocycles. The number of nitrogens with zero attached hydrogens (tertiary/aromatic N) is 1. The summed E-state index contributed by atoms with van der Waals surface area (Å²) in [7, 11) is 1.54. The largest absolute Gasteiger partial charge is 0.496 e. The lowest BCUT2D eigenvalue weighted by Crippen LogP contribution is -2.33. The van der Waals surface area contributed by atoms with Crippen molar-refractivity contribution in [2.45, 2.75) is 12.1 Å². The minimum atomic E-state index is -0.912. The molecule has 160 valence electrons. The van der Waals surface area contributed by atoms with Crippen molar-refractivity contribution >= 4 is 5.91 Å². The summed E-state index contributed by atoms with van der Waals surface area (Å²) in [5.41, 5.74) is 3.83. The highest BCUT2D eigenvalue weighted by molar-refractivity contribution is 5.98. The van der Waals surface area contributed by atoms with Crippen LogP contribution in [0.5, 0.6) is 5.75 Å². The van der Waals surface area contributed by atoms with E-state index in [0.29, 0.717) is 11.3 Å². The first-order valence-electron chi connectivity index (χ1n) is 10.3. The van der Waals surface area contributed by atoms with Gasteiger partial charge in [-0.3, -0.25) is 9.78 Å². The van der Waals surface area contributed by atoms with Crippen LogP contribution in [0.25, 0.3) is 11.1 Å². The number of hydrogen-bond donors (Lipinski definition) is 2. The highest BCUT2D eigenvalue weighted by Gasteiger charge is 2.26. The minimum absolute atomic E-state index is 0.327. The van der Waals surface area contributed by atoms with Crippen LogP contribution in [0, 0.1) is 0 Å². The maximum Gasteiger partial charge on any atom is 0.255 e. The lowest BCUT2D eigenvalue weighted by atomic mass is 9.95. The number of carbonyl (C=O) groups is 1. The molecule has 5 nitrogen and oxygen atoms in total. The second-order valence-electron chi connectivity index (χ2n) is 7.37. The van der Waals surface area contributed by atoms with E-state index in [0.717, 1.165) is 22.3 Å². The van der Waals surface area contributed by atoms with Crippen molar-refractivity contribution in [2.75, 3.05) is 7.11 Å². The highest BCUT2D eigenvalue weighted by atomic mass is 16.5. The summed E-state index contributed by atoms with van der Waals surface area (Å²) < 4.78 is 5.52. The number of carbonyl (C=O) groups excluding carboxylic acids is 1. The molecule has 32 heavy (non-hydrogen) atoms. The monoisotopic (exact) mass is 424 g/mol. The Kier molecular flexibility index (Phi) is 6.58. The van der Waals surface area contributed by atoms with Crippen LogP contribution in [-0.2, 0) is 0 Å². The molecule has 4 rings (SSSR count). The van der Waals surface area contributed by atoms with Crippen molar-refractivity contribution in [1.29, 1.82) is 0 Å². The van der Waals surface area contributed by atoms with Crippen molar-refractivity contribution < 1.29 is 14.6 Å². The van der Waals surface area contributed by atoms with Gasteiger partial charge >= 0.3 is 0 Å². The molecule has 0 aliphatic carbocycles. The fourth-order valence-corrected chi connectivity index (χ4v) is 3.67. The second-order valence-corrected chi connectivity index (χ2v) is 7.37. The number of nitrogens with one attached hydrogen (secondary N) is 1. The third-order valence-electron chi connectivity index (χ3n) is 5.36. The zero-order valence-corrected chi connectivity index (χ0v) is 17.7. The quantitative estimate of drug-likeness (QED) is 0.440. The van der Waals surface area contributed by atoms with E-state index in [2.05, 4.69) is 10.3 Å². The third-order valence-corrected chi connectivity index (χ3v) is 5.36. The Labute approximate surface area is 187 Å². The predicted octanol–water partition coefficient (Wildman–Crippen LogP) is 4.96. The van der Waals surface area contributed by atoms with Crippen molar-refractivity contribution in [3.8, 4) is 16.9 Å². The van der Waals surface area contributed by atoms with Crippen LogP contribution < -0.4 is 10.1 Å². The standard InChI is InChI=1S/C27H24N2O3/c1-32-24-18-22(19-14-16-28-17-15-19)12-13-23(24)27(31)29-25(20-8-4-2-5-9-20)26(30)21-10-6-3-7-11-21/h2-18,25-26,30H,1H3,(H,29,31)/t25-,26-/m1/s1. The molecule has 4 aromatic rings. The molecule has 0 aliphatic heterocycles. The lowest BCUT2D eigenvalue weighted by molar-refractivity contribution is 0.0828. The Bertz CT molecular complexity index is 1170. The number of aliphatic hydroxyl groups excluding tert-OH is 1. The van der Waals surface area contributed by atoms with E-state index in [1.54, 1.807) is 18.5 Å². The van der Waals surface area contributed by atoms with Crippen LogP contribution in [0.2, 0.25) is 0 Å². The summed E-state index contributed by atoms with van der Waals surface area (Å²) in [5.74, 6) is 0.129. The van der Waals surface area contributed by atoms with Crippen LogP contribution >= 0.6 is 0 Å². The van der Waals surface area contributed by atoms with E-state index in [4.69, 9.17) is 4.74 Å². The fourth-order valence-electron chi connectivity index (χ4n) is 3.67. The van der Waals surface area contributed by atoms with Crippen LogP contribution in [-0.4, -0.2) is 23.1 Å². The van der Waals surface area contributed by atoms with E-state index in [9.17, 15) is 9.90 Å². The molecule has 0 radical (unpaired) electrons. The first kappa shape index (κ1) is 21.3. The number of aromatic nitrogens is 1. The molecule has 0 unspecified atom stereocenters. The molecule has 0 saturated carbocycles. The summed E-state index contributed by atoms with van der Waals surface area (Å²) >= 11 is 0. The van der Waals surface area contributed by atoms with E-state index < -0.39 is 12.1 Å². The van der Waals surface area contributed by atoms with Crippen molar-refractivity contribution in [3.05, 3.63) is 120 Å². The molecular formula is C27H24N2O3. The maximum absolute atomic E-state index is 13.3. The number of pyridine rings is 1. The second kappa shape index (κ2) is 9.90. The number of methoxy groups -OCH3 is 1. The molecule has 0 fully saturated rings. The van der Waals surface area contributed by atoms with Gasteiger partial charge in [-0.05, 0) is 46.5 Å². The van der Waals surface area contributed by atoms with Crippen molar-refractivity contribution in [1.82, 2.24) is 10.3 Å². The van der Waals surface area contributed by atoms with Gasteiger partial charge in [0.25, 0.3) is 5.91 Å². The van der Waals surface area contributed by atoms with Gasteiger partial charge in [-0.1, -0.05) is 66.7 Å². The molecular weight excluding hydrogens is 400 g/mol. The molecule has 2 N–H and O–H groups in total. The summed E-state index contributed by atoms with van der Waals surface area (Å²) in [6, 6.07) is 27.4. The zero-order chi connectivity index (χ0) is 22.3. The van der Waals surface area contributed by atoms with Crippen LogP contribution in [0.1, 0.15) is 33.6 Å². The van der Waals surface area contributed by atoms with Gasteiger partial charge in [-0.15, -0.1) is 0 Å². The van der Waals surface area contributed by atoms with Gasteiger partial charge in [0.05, 0.1) is 18.7 Å². The SMILES string of the molecule is COc1cc(-c2ccncc2)ccc1C(=O)N[C@H](c1ccccc1)[C@H](O)c1ccccc1. The highest BCUT2D eigenvalue weighted by Crippen LogP contribution is 2.31. The Balaban J connectivity index is 1.65. The number of benzene rings is 3. The van der Waals surface area contributed by atoms with Crippen molar-refractivity contribution in [3.63, 3.8) is 0 Å². The number of rotatable bonds is 7. The first-order chi connectivity index (χ1) is 15.7. The van der Waals surface area contributed by atoms with Gasteiger partial charge < -0.3 is 15.2 Å². The summed E-state index contributed by atoms with van der Waals surface area (Å²) in [6.45, 7) is 0. The first-order valence-corrected chi connectivity index (χ1v) is 10.3. The Morgan fingerprint density at radius 1 is 0.844 bits per heavy atom. The van der Waals surface area contributed by atoms with Crippen LogP contribution in [0.4, 0.5) is 0 Å². The van der Waals surface area contributed by atoms with E-state index in [-0.39, 0.29) is 5.91 Å². The molecule has 0 bridgehead atoms. The Morgan fingerprint density at radius 2 is 1.47 bits per heavy atom. The minimum Gasteiger partial charge on any atom is -0.496 e. The Morgan fingerprint density at radius 3 is 2.09 bits per heavy atom. The molecule has 2 atom stereocenters. The normalized spacial score (nSPS) is 12.6. The smallest absolute Gasteiger partial charge is 0.255 e. The summed E-state index contributed by atoms with van der Waals surface area (Å²) in [4.78, 5) is 17.3. The number of ether oxygens (including phenoxy) is 1. The van der Waals surface area contributed by atoms with Gasteiger partial charge in [-0.2, -0.15) is 0 Å².